The van der Waals surface area contributed by atoms with Crippen molar-refractivity contribution in [2.24, 2.45) is 0 Å². The highest BCUT2D eigenvalue weighted by molar-refractivity contribution is 9.10. The molecule has 2 aliphatic rings. The van der Waals surface area contributed by atoms with Gasteiger partial charge in [-0.1, -0.05) is 30.3 Å². The third-order valence-electron chi connectivity index (χ3n) is 5.92. The molecular formula is C24H22BrN2O5+. The molecule has 5 rings (SSSR count). The van der Waals surface area contributed by atoms with E-state index in [-0.39, 0.29) is 16.7 Å². The molecule has 0 aromatic heterocycles. The van der Waals surface area contributed by atoms with E-state index in [1.165, 1.54) is 11.0 Å². The second-order valence-electron chi connectivity index (χ2n) is 7.80. The van der Waals surface area contributed by atoms with Crippen LogP contribution in [-0.4, -0.2) is 37.8 Å². The number of benzene rings is 3. The lowest BCUT2D eigenvalue weighted by atomic mass is 10.0. The Morgan fingerprint density at radius 2 is 1.97 bits per heavy atom. The van der Waals surface area contributed by atoms with Crippen LogP contribution in [0.1, 0.15) is 11.6 Å². The number of nitrogens with one attached hydrogen (secondary N) is 1. The van der Waals surface area contributed by atoms with Gasteiger partial charge in [-0.3, -0.25) is 10.1 Å². The maximum absolute atomic E-state index is 11.3. The maximum atomic E-state index is 11.3. The summed E-state index contributed by atoms with van der Waals surface area (Å²) in [6, 6.07) is 16.8. The first kappa shape index (κ1) is 20.9. The van der Waals surface area contributed by atoms with Gasteiger partial charge in [0, 0.05) is 12.1 Å². The Balaban J connectivity index is 1.41. The van der Waals surface area contributed by atoms with Gasteiger partial charge in [0.05, 0.1) is 28.2 Å². The quantitative estimate of drug-likeness (QED) is 0.428. The summed E-state index contributed by atoms with van der Waals surface area (Å²) in [5.41, 5.74) is 0.914. The van der Waals surface area contributed by atoms with Crippen molar-refractivity contribution in [1.82, 2.24) is 0 Å². The molecule has 0 saturated carbocycles. The number of halogens is 1. The number of nitro benzene ring substituents is 1. The maximum Gasteiger partial charge on any atom is 0.270 e. The molecule has 3 aromatic carbocycles. The lowest BCUT2D eigenvalue weighted by Gasteiger charge is -2.29. The first-order chi connectivity index (χ1) is 15.6. The summed E-state index contributed by atoms with van der Waals surface area (Å²) in [5.74, 6) is 2.18. The van der Waals surface area contributed by atoms with Crippen LogP contribution < -0.4 is 14.4 Å². The summed E-state index contributed by atoms with van der Waals surface area (Å²) in [6.07, 6.45) is 1.93. The zero-order chi connectivity index (χ0) is 22.1. The Morgan fingerprint density at radius 1 is 1.16 bits per heavy atom. The lowest BCUT2D eigenvalue weighted by Crippen LogP contribution is -3.14. The molecule has 8 heteroatoms. The first-order valence-corrected chi connectivity index (χ1v) is 11.3. The third-order valence-corrected chi connectivity index (χ3v) is 6.74. The molecule has 0 radical (unpaired) electrons. The van der Waals surface area contributed by atoms with Gasteiger partial charge in [-0.05, 0) is 44.9 Å². The van der Waals surface area contributed by atoms with Crippen LogP contribution in [0.2, 0.25) is 0 Å². The van der Waals surface area contributed by atoms with Crippen LogP contribution in [-0.2, 0) is 4.74 Å². The number of hydrogen-bond donors (Lipinski definition) is 1. The topological polar surface area (TPSA) is 75.3 Å². The molecule has 1 N–H and O–H groups in total. The van der Waals surface area contributed by atoms with Crippen LogP contribution in [0, 0.1) is 10.1 Å². The Labute approximate surface area is 193 Å². The van der Waals surface area contributed by atoms with Gasteiger partial charge in [0.25, 0.3) is 5.69 Å². The van der Waals surface area contributed by atoms with Gasteiger partial charge >= 0.3 is 0 Å². The highest BCUT2D eigenvalue weighted by Crippen LogP contribution is 2.40. The van der Waals surface area contributed by atoms with E-state index in [4.69, 9.17) is 14.2 Å². The van der Waals surface area contributed by atoms with E-state index >= 15 is 0 Å². The Kier molecular flexibility index (Phi) is 5.82. The second-order valence-corrected chi connectivity index (χ2v) is 8.59. The highest BCUT2D eigenvalue weighted by atomic mass is 79.9. The zero-order valence-corrected chi connectivity index (χ0v) is 18.8. The van der Waals surface area contributed by atoms with E-state index in [9.17, 15) is 10.1 Å². The van der Waals surface area contributed by atoms with Gasteiger partial charge < -0.3 is 19.1 Å². The molecule has 1 saturated heterocycles. The van der Waals surface area contributed by atoms with Crippen molar-refractivity contribution in [3.05, 3.63) is 86.6 Å². The van der Waals surface area contributed by atoms with Crippen molar-refractivity contribution in [1.29, 1.82) is 0 Å². The van der Waals surface area contributed by atoms with Crippen LogP contribution in [0.3, 0.4) is 0 Å². The smallest absolute Gasteiger partial charge is 0.270 e. The number of quaternary nitrogens is 1. The SMILES string of the molecule is O=[N+]([O-])c1ccc2c(c1)[C@H]([NH+]1CCOCC1)/C(=C/COc1ccc3ccccc3c1Br)O2. The fourth-order valence-corrected chi connectivity index (χ4v) is 4.96. The molecule has 0 aliphatic carbocycles. The number of hydrogen-bond acceptors (Lipinski definition) is 5. The van der Waals surface area contributed by atoms with E-state index in [2.05, 4.69) is 22.0 Å². The van der Waals surface area contributed by atoms with Gasteiger partial charge in [0.15, 0.2) is 11.8 Å². The molecule has 2 aliphatic heterocycles. The van der Waals surface area contributed by atoms with Crippen molar-refractivity contribution >= 4 is 32.4 Å². The Morgan fingerprint density at radius 3 is 2.78 bits per heavy atom. The van der Waals surface area contributed by atoms with Crippen LogP contribution in [0.4, 0.5) is 5.69 Å². The number of fused-ring (bicyclic) bond motifs is 2. The summed E-state index contributed by atoms with van der Waals surface area (Å²) in [7, 11) is 0. The number of ether oxygens (including phenoxy) is 3. The summed E-state index contributed by atoms with van der Waals surface area (Å²) in [6.45, 7) is 3.26. The van der Waals surface area contributed by atoms with Crippen LogP contribution >= 0.6 is 15.9 Å². The van der Waals surface area contributed by atoms with E-state index in [1.54, 1.807) is 12.1 Å². The van der Waals surface area contributed by atoms with Crippen LogP contribution in [0.15, 0.2) is 70.9 Å². The second kappa shape index (κ2) is 8.90. The molecule has 0 bridgehead atoms. The number of nitro groups is 1. The fraction of sp³-hybridized carbons (Fsp3) is 0.250. The summed E-state index contributed by atoms with van der Waals surface area (Å²) < 4.78 is 18.6. The number of nitrogens with zero attached hydrogens (tertiary/aromatic N) is 1. The van der Waals surface area contributed by atoms with Crippen molar-refractivity contribution in [2.75, 3.05) is 32.9 Å². The van der Waals surface area contributed by atoms with Crippen molar-refractivity contribution < 1.29 is 24.0 Å². The summed E-state index contributed by atoms with van der Waals surface area (Å²) in [4.78, 5) is 12.2. The largest absolute Gasteiger partial charge is 0.488 e. The normalized spacial score (nSPS) is 19.7. The monoisotopic (exact) mass is 497 g/mol. The summed E-state index contributed by atoms with van der Waals surface area (Å²) >= 11 is 3.66. The van der Waals surface area contributed by atoms with Gasteiger partial charge in [-0.25, -0.2) is 0 Å². The van der Waals surface area contributed by atoms with Gasteiger partial charge in [0.1, 0.15) is 31.2 Å². The van der Waals surface area contributed by atoms with E-state index in [1.807, 2.05) is 36.4 Å². The van der Waals surface area contributed by atoms with Crippen LogP contribution in [0.5, 0.6) is 11.5 Å². The average molecular weight is 498 g/mol. The van der Waals surface area contributed by atoms with E-state index in [0.717, 1.165) is 45.4 Å². The molecule has 164 valence electrons. The fourth-order valence-electron chi connectivity index (χ4n) is 4.35. The molecular weight excluding hydrogens is 476 g/mol. The van der Waals surface area contributed by atoms with Gasteiger partial charge in [0.2, 0.25) is 0 Å². The standard InChI is InChI=1S/C24H21BrN2O5/c25-23-18-4-2-1-3-16(18)5-7-21(23)31-12-9-22-24(26-10-13-30-14-11-26)19-15-17(27(28)29)6-8-20(19)32-22/h1-9,15,24H,10-14H2/p+1/b22-9-/t24-/m0/s1. The van der Waals surface area contributed by atoms with E-state index in [0.29, 0.717) is 25.6 Å². The minimum atomic E-state index is -0.367. The van der Waals surface area contributed by atoms with Gasteiger partial charge in [-0.2, -0.15) is 0 Å². The molecule has 3 aromatic rings. The highest BCUT2D eigenvalue weighted by Gasteiger charge is 2.39. The average Bonchev–Trinajstić information content (AvgIpc) is 3.18. The number of non-ortho nitro benzene ring substituents is 1. The number of morpholine rings is 1. The zero-order valence-electron chi connectivity index (χ0n) is 17.3. The van der Waals surface area contributed by atoms with Crippen LogP contribution in [0.25, 0.3) is 10.8 Å². The molecule has 0 spiro atoms. The first-order valence-electron chi connectivity index (χ1n) is 10.5. The molecule has 32 heavy (non-hydrogen) atoms. The molecule has 1 atom stereocenters. The summed E-state index contributed by atoms with van der Waals surface area (Å²) in [5, 5.41) is 13.5. The predicted octanol–water partition coefficient (Wildman–Crippen LogP) is 3.82. The van der Waals surface area contributed by atoms with Crippen molar-refractivity contribution in [3.8, 4) is 11.5 Å². The molecule has 2 heterocycles. The third kappa shape index (κ3) is 3.97. The Hall–Kier alpha value is -2.94. The molecule has 0 amide bonds. The molecule has 1 fully saturated rings. The van der Waals surface area contributed by atoms with Gasteiger partial charge in [-0.15, -0.1) is 0 Å². The minimum Gasteiger partial charge on any atom is -0.488 e. The molecule has 7 nitrogen and oxygen atoms in total. The van der Waals surface area contributed by atoms with Crippen molar-refractivity contribution in [2.45, 2.75) is 6.04 Å². The Bertz CT molecular complexity index is 1210. The predicted molar refractivity (Wildman–Crippen MR) is 123 cm³/mol. The molecule has 0 unspecified atom stereocenters. The van der Waals surface area contributed by atoms with E-state index < -0.39 is 0 Å². The number of rotatable bonds is 5. The minimum absolute atomic E-state index is 0.0719. The van der Waals surface area contributed by atoms with Crippen molar-refractivity contribution in [3.63, 3.8) is 0 Å². The lowest BCUT2D eigenvalue weighted by molar-refractivity contribution is -0.933.